The predicted octanol–water partition coefficient (Wildman–Crippen LogP) is 2.96. The van der Waals surface area contributed by atoms with Crippen LogP contribution in [0.15, 0.2) is 24.3 Å². The van der Waals surface area contributed by atoms with Crippen LogP contribution in [0.1, 0.15) is 33.3 Å². The highest BCUT2D eigenvalue weighted by molar-refractivity contribution is 5.80. The number of rotatable bonds is 6. The molecule has 1 aromatic rings. The Kier molecular flexibility index (Phi) is 6.75. The smallest absolute Gasteiger partial charge is 0.508 e. The second-order valence-electron chi connectivity index (χ2n) is 6.66. The number of alkyl halides is 1. The fourth-order valence-electron chi connectivity index (χ4n) is 2.11. The molecular formula is C17H24FNO6. The van der Waals surface area contributed by atoms with Crippen molar-refractivity contribution in [3.63, 3.8) is 0 Å². The molecule has 0 saturated heterocycles. The van der Waals surface area contributed by atoms with Gasteiger partial charge in [0.25, 0.3) is 0 Å². The van der Waals surface area contributed by atoms with Crippen molar-refractivity contribution in [2.24, 2.45) is 0 Å². The van der Waals surface area contributed by atoms with E-state index in [2.05, 4.69) is 0 Å². The molecule has 1 N–H and O–H groups in total. The summed E-state index contributed by atoms with van der Waals surface area (Å²) in [5.74, 6) is -0.738. The summed E-state index contributed by atoms with van der Waals surface area (Å²) in [5, 5.41) is 9.93. The number of carbonyl (C=O) groups is 2. The first-order valence-corrected chi connectivity index (χ1v) is 7.62. The van der Waals surface area contributed by atoms with Crippen molar-refractivity contribution >= 4 is 12.1 Å². The lowest BCUT2D eigenvalue weighted by molar-refractivity contribution is -0.222. The third-order valence-corrected chi connectivity index (χ3v) is 3.34. The Hall–Kier alpha value is -2.35. The Morgan fingerprint density at radius 1 is 1.16 bits per heavy atom. The number of nitrogens with zero attached hydrogens (tertiary/aromatic N) is 1. The molecule has 0 heterocycles. The van der Waals surface area contributed by atoms with Gasteiger partial charge in [-0.3, -0.25) is 0 Å². The van der Waals surface area contributed by atoms with E-state index in [4.69, 9.17) is 14.3 Å². The van der Waals surface area contributed by atoms with Crippen molar-refractivity contribution in [1.29, 1.82) is 0 Å². The molecular weight excluding hydrogens is 333 g/mol. The van der Waals surface area contributed by atoms with Gasteiger partial charge in [-0.25, -0.2) is 14.0 Å². The highest BCUT2D eigenvalue weighted by Crippen LogP contribution is 2.25. The number of methoxy groups -OCH3 is 1. The molecule has 0 bridgehead atoms. The zero-order chi connectivity index (χ0) is 19.3. The molecule has 0 radical (unpaired) electrons. The van der Waals surface area contributed by atoms with Crippen LogP contribution in [-0.4, -0.2) is 47.3 Å². The standard InChI is InChI=1S/C17H24FNO6/c1-16(2,3)24-15(22)25-19(11-18)17(4,14(21)23-5)10-12-6-8-13(20)9-7-12/h6-9,20H,10-11H2,1-5H3/t17-/m1/s1. The van der Waals surface area contributed by atoms with Gasteiger partial charge in [0.2, 0.25) is 0 Å². The number of phenolic OH excluding ortho intramolecular Hbond substituents is 1. The first-order chi connectivity index (χ1) is 11.5. The number of hydrogen-bond donors (Lipinski definition) is 1. The molecule has 0 spiro atoms. The maximum atomic E-state index is 13.6. The Morgan fingerprint density at radius 3 is 2.16 bits per heavy atom. The van der Waals surface area contributed by atoms with E-state index in [1.807, 2.05) is 0 Å². The van der Waals surface area contributed by atoms with E-state index >= 15 is 0 Å². The summed E-state index contributed by atoms with van der Waals surface area (Å²) in [5.41, 5.74) is -1.85. The zero-order valence-electron chi connectivity index (χ0n) is 15.0. The summed E-state index contributed by atoms with van der Waals surface area (Å²) in [6.07, 6.45) is -1.15. The molecule has 0 aliphatic heterocycles. The minimum absolute atomic E-state index is 0.0212. The van der Waals surface area contributed by atoms with Gasteiger partial charge in [0.15, 0.2) is 12.3 Å². The third-order valence-electron chi connectivity index (χ3n) is 3.34. The number of halogens is 1. The summed E-state index contributed by atoms with van der Waals surface area (Å²) >= 11 is 0. The lowest BCUT2D eigenvalue weighted by atomic mass is 9.92. The van der Waals surface area contributed by atoms with Crippen LogP contribution in [0.25, 0.3) is 0 Å². The van der Waals surface area contributed by atoms with E-state index in [1.54, 1.807) is 32.9 Å². The van der Waals surface area contributed by atoms with E-state index in [-0.39, 0.29) is 12.2 Å². The average molecular weight is 357 g/mol. The number of ether oxygens (including phenoxy) is 2. The lowest BCUT2D eigenvalue weighted by Crippen LogP contribution is -2.55. The maximum absolute atomic E-state index is 13.6. The molecule has 0 saturated carbocycles. The van der Waals surface area contributed by atoms with Crippen molar-refractivity contribution in [3.05, 3.63) is 29.8 Å². The summed E-state index contributed by atoms with van der Waals surface area (Å²) in [6, 6.07) is 6.00. The Balaban J connectivity index is 3.06. The van der Waals surface area contributed by atoms with Crippen molar-refractivity contribution < 1.29 is 33.4 Å². The summed E-state index contributed by atoms with van der Waals surface area (Å²) in [7, 11) is 1.15. The molecule has 0 aromatic heterocycles. The highest BCUT2D eigenvalue weighted by Gasteiger charge is 2.44. The normalized spacial score (nSPS) is 13.9. The van der Waals surface area contributed by atoms with E-state index < -0.39 is 30.1 Å². The lowest BCUT2D eigenvalue weighted by Gasteiger charge is -2.35. The molecule has 140 valence electrons. The van der Waals surface area contributed by atoms with Gasteiger partial charge in [0.05, 0.1) is 7.11 Å². The van der Waals surface area contributed by atoms with E-state index in [0.717, 1.165) is 7.11 Å². The minimum Gasteiger partial charge on any atom is -0.508 e. The number of carbonyl (C=O) groups excluding carboxylic acids is 2. The molecule has 0 aliphatic rings. The maximum Gasteiger partial charge on any atom is 0.528 e. The van der Waals surface area contributed by atoms with Crippen LogP contribution in [-0.2, 0) is 25.5 Å². The van der Waals surface area contributed by atoms with Gasteiger partial charge < -0.3 is 19.4 Å². The molecule has 25 heavy (non-hydrogen) atoms. The predicted molar refractivity (Wildman–Crippen MR) is 87.4 cm³/mol. The van der Waals surface area contributed by atoms with Gasteiger partial charge in [0.1, 0.15) is 11.4 Å². The quantitative estimate of drug-likeness (QED) is 0.476. The fourth-order valence-corrected chi connectivity index (χ4v) is 2.11. The van der Waals surface area contributed by atoms with Crippen molar-refractivity contribution in [2.75, 3.05) is 13.9 Å². The molecule has 0 unspecified atom stereocenters. The molecule has 0 aliphatic carbocycles. The Labute approximate surface area is 146 Å². The Morgan fingerprint density at radius 2 is 1.72 bits per heavy atom. The van der Waals surface area contributed by atoms with E-state index in [0.29, 0.717) is 10.6 Å². The van der Waals surface area contributed by atoms with Crippen LogP contribution in [0.5, 0.6) is 5.75 Å². The number of aromatic hydroxyl groups is 1. The van der Waals surface area contributed by atoms with Crippen LogP contribution in [0.3, 0.4) is 0 Å². The van der Waals surface area contributed by atoms with Crippen LogP contribution in [0.2, 0.25) is 0 Å². The number of benzene rings is 1. The largest absolute Gasteiger partial charge is 0.528 e. The number of hydrogen-bond acceptors (Lipinski definition) is 7. The second kappa shape index (κ2) is 8.15. The van der Waals surface area contributed by atoms with Gasteiger partial charge >= 0.3 is 12.1 Å². The number of hydroxylamine groups is 2. The molecule has 7 nitrogen and oxygen atoms in total. The SMILES string of the molecule is COC(=O)[C@@](C)(Cc1ccc(O)cc1)N(CF)OC(=O)OC(C)(C)C. The van der Waals surface area contributed by atoms with Crippen molar-refractivity contribution in [3.8, 4) is 5.75 Å². The van der Waals surface area contributed by atoms with Gasteiger partial charge in [0, 0.05) is 6.42 Å². The monoisotopic (exact) mass is 357 g/mol. The van der Waals surface area contributed by atoms with Gasteiger partial charge in [-0.15, -0.1) is 0 Å². The first kappa shape index (κ1) is 20.7. The summed E-state index contributed by atoms with van der Waals surface area (Å²) in [6.45, 7) is 5.02. The van der Waals surface area contributed by atoms with E-state index in [9.17, 15) is 19.1 Å². The third kappa shape index (κ3) is 5.90. The fraction of sp³-hybridized carbons (Fsp3) is 0.529. The highest BCUT2D eigenvalue weighted by atomic mass is 19.1. The van der Waals surface area contributed by atoms with Crippen LogP contribution in [0.4, 0.5) is 9.18 Å². The van der Waals surface area contributed by atoms with Gasteiger partial charge in [-0.1, -0.05) is 17.2 Å². The molecule has 0 amide bonds. The number of esters is 1. The van der Waals surface area contributed by atoms with Gasteiger partial charge in [-0.2, -0.15) is 0 Å². The van der Waals surface area contributed by atoms with Crippen molar-refractivity contribution in [2.45, 2.75) is 45.3 Å². The summed E-state index contributed by atoms with van der Waals surface area (Å²) < 4.78 is 23.3. The molecule has 1 aromatic carbocycles. The minimum atomic E-state index is -1.63. The molecule has 1 atom stereocenters. The molecule has 1 rings (SSSR count). The second-order valence-corrected chi connectivity index (χ2v) is 6.66. The van der Waals surface area contributed by atoms with Crippen LogP contribution < -0.4 is 0 Å². The van der Waals surface area contributed by atoms with E-state index in [1.165, 1.54) is 19.1 Å². The first-order valence-electron chi connectivity index (χ1n) is 7.62. The Bertz CT molecular complexity index is 598. The van der Waals surface area contributed by atoms with Crippen LogP contribution >= 0.6 is 0 Å². The zero-order valence-corrected chi connectivity index (χ0v) is 15.0. The van der Waals surface area contributed by atoms with Crippen LogP contribution in [0, 0.1) is 0 Å². The van der Waals surface area contributed by atoms with Crippen molar-refractivity contribution in [1.82, 2.24) is 5.06 Å². The average Bonchev–Trinajstić information content (AvgIpc) is 2.52. The summed E-state index contributed by atoms with van der Waals surface area (Å²) in [4.78, 5) is 29.0. The molecule has 8 heteroatoms. The topological polar surface area (TPSA) is 85.3 Å². The van der Waals surface area contributed by atoms with Gasteiger partial charge in [-0.05, 0) is 45.4 Å². The number of phenols is 1. The molecule has 0 fully saturated rings.